The van der Waals surface area contributed by atoms with E-state index in [1.807, 2.05) is 27.0 Å². The zero-order valence-corrected chi connectivity index (χ0v) is 12.2. The largest absolute Gasteiger partial charge is 0.479 e. The molecule has 1 aromatic carbocycles. The van der Waals surface area contributed by atoms with Crippen molar-refractivity contribution in [2.45, 2.75) is 38.8 Å². The minimum Gasteiger partial charge on any atom is -0.479 e. The fourth-order valence-electron chi connectivity index (χ4n) is 1.70. The van der Waals surface area contributed by atoms with Gasteiger partial charge in [-0.2, -0.15) is 0 Å². The van der Waals surface area contributed by atoms with Gasteiger partial charge < -0.3 is 15.2 Å². The van der Waals surface area contributed by atoms with Crippen LogP contribution in [0.5, 0.6) is 5.75 Å². The minimum atomic E-state index is -0.967. The van der Waals surface area contributed by atoms with Crippen molar-refractivity contribution in [1.82, 2.24) is 5.32 Å². The summed E-state index contributed by atoms with van der Waals surface area (Å²) in [5, 5.41) is 12.6. The molecule has 0 radical (unpaired) electrons. The number of halogens is 1. The van der Waals surface area contributed by atoms with E-state index in [1.54, 1.807) is 12.1 Å². The van der Waals surface area contributed by atoms with Crippen molar-refractivity contribution in [2.75, 3.05) is 7.05 Å². The average Bonchev–Trinajstić information content (AvgIpc) is 2.39. The third-order valence-corrected chi connectivity index (χ3v) is 3.28. The maximum absolute atomic E-state index is 11.0. The molecule has 0 saturated carbocycles. The van der Waals surface area contributed by atoms with E-state index in [2.05, 4.69) is 5.32 Å². The fourth-order valence-corrected chi connectivity index (χ4v) is 1.93. The zero-order valence-electron chi connectivity index (χ0n) is 11.4. The SMILES string of the molecule is CCCC(Oc1ccc(C(C)NC)cc1Cl)C(=O)O. The first-order chi connectivity index (χ1) is 8.99. The van der Waals surface area contributed by atoms with Gasteiger partial charge in [-0.05, 0) is 38.1 Å². The van der Waals surface area contributed by atoms with Crippen molar-refractivity contribution in [3.8, 4) is 5.75 Å². The van der Waals surface area contributed by atoms with Crippen molar-refractivity contribution in [3.05, 3.63) is 28.8 Å². The fraction of sp³-hybridized carbons (Fsp3) is 0.500. The van der Waals surface area contributed by atoms with Gasteiger partial charge >= 0.3 is 5.97 Å². The summed E-state index contributed by atoms with van der Waals surface area (Å²) in [5.41, 5.74) is 1.03. The Morgan fingerprint density at radius 3 is 2.68 bits per heavy atom. The minimum absolute atomic E-state index is 0.178. The molecular weight excluding hydrogens is 266 g/mol. The molecule has 0 aliphatic rings. The van der Waals surface area contributed by atoms with Gasteiger partial charge in [0.1, 0.15) is 5.75 Å². The molecule has 0 heterocycles. The van der Waals surface area contributed by atoms with Gasteiger partial charge in [-0.3, -0.25) is 0 Å². The summed E-state index contributed by atoms with van der Waals surface area (Å²) >= 11 is 6.13. The standard InChI is InChI=1S/C14H20ClNO3/c1-4-5-13(14(17)18)19-12-7-6-10(8-11(12)15)9(2)16-3/h6-9,13,16H,4-5H2,1-3H3,(H,17,18). The van der Waals surface area contributed by atoms with Crippen LogP contribution in [0, 0.1) is 0 Å². The third-order valence-electron chi connectivity index (χ3n) is 2.98. The van der Waals surface area contributed by atoms with Gasteiger partial charge in [0.2, 0.25) is 0 Å². The Balaban J connectivity index is 2.87. The molecule has 0 fully saturated rings. The number of rotatable bonds is 7. The van der Waals surface area contributed by atoms with Crippen LogP contribution in [0.1, 0.15) is 38.3 Å². The van der Waals surface area contributed by atoms with Crippen LogP contribution in [0.25, 0.3) is 0 Å². The highest BCUT2D eigenvalue weighted by Crippen LogP contribution is 2.29. The molecule has 0 bridgehead atoms. The van der Waals surface area contributed by atoms with Crippen LogP contribution in [0.4, 0.5) is 0 Å². The molecule has 0 aromatic heterocycles. The normalized spacial score (nSPS) is 13.9. The molecule has 2 N–H and O–H groups in total. The lowest BCUT2D eigenvalue weighted by molar-refractivity contribution is -0.145. The summed E-state index contributed by atoms with van der Waals surface area (Å²) in [4.78, 5) is 11.0. The second-order valence-electron chi connectivity index (χ2n) is 4.43. The zero-order chi connectivity index (χ0) is 14.4. The van der Waals surface area contributed by atoms with E-state index in [0.717, 1.165) is 12.0 Å². The van der Waals surface area contributed by atoms with Crippen LogP contribution in [-0.2, 0) is 4.79 Å². The molecular formula is C14H20ClNO3. The van der Waals surface area contributed by atoms with Crippen molar-refractivity contribution >= 4 is 17.6 Å². The molecule has 1 aromatic rings. The molecule has 0 aliphatic heterocycles. The van der Waals surface area contributed by atoms with Crippen LogP contribution >= 0.6 is 11.6 Å². The van der Waals surface area contributed by atoms with Gasteiger partial charge in [0.05, 0.1) is 5.02 Å². The van der Waals surface area contributed by atoms with Crippen molar-refractivity contribution in [3.63, 3.8) is 0 Å². The topological polar surface area (TPSA) is 58.6 Å². The van der Waals surface area contributed by atoms with Gasteiger partial charge in [-0.1, -0.05) is 31.0 Å². The Morgan fingerprint density at radius 2 is 2.21 bits per heavy atom. The first kappa shape index (κ1) is 15.8. The Bertz CT molecular complexity index is 437. The maximum Gasteiger partial charge on any atom is 0.344 e. The van der Waals surface area contributed by atoms with Crippen LogP contribution < -0.4 is 10.1 Å². The lowest BCUT2D eigenvalue weighted by atomic mass is 10.1. The van der Waals surface area contributed by atoms with E-state index in [1.165, 1.54) is 0 Å². The van der Waals surface area contributed by atoms with Crippen molar-refractivity contribution in [2.24, 2.45) is 0 Å². The first-order valence-corrected chi connectivity index (χ1v) is 6.73. The van der Waals surface area contributed by atoms with Crippen LogP contribution in [0.2, 0.25) is 5.02 Å². The highest BCUT2D eigenvalue weighted by molar-refractivity contribution is 6.32. The number of carboxylic acid groups (broad SMARTS) is 1. The average molecular weight is 286 g/mol. The van der Waals surface area contributed by atoms with Crippen molar-refractivity contribution < 1.29 is 14.6 Å². The summed E-state index contributed by atoms with van der Waals surface area (Å²) in [7, 11) is 1.87. The van der Waals surface area contributed by atoms with E-state index in [0.29, 0.717) is 17.2 Å². The molecule has 0 amide bonds. The lowest BCUT2D eigenvalue weighted by Crippen LogP contribution is -2.26. The monoisotopic (exact) mass is 285 g/mol. The number of ether oxygens (including phenoxy) is 1. The molecule has 5 heteroatoms. The molecule has 0 spiro atoms. The molecule has 0 saturated heterocycles. The summed E-state index contributed by atoms with van der Waals surface area (Å²) < 4.78 is 5.46. The highest BCUT2D eigenvalue weighted by Gasteiger charge is 2.19. The predicted octanol–water partition coefficient (Wildman–Crippen LogP) is 3.25. The quantitative estimate of drug-likeness (QED) is 0.807. The predicted molar refractivity (Wildman–Crippen MR) is 75.9 cm³/mol. The van der Waals surface area contributed by atoms with E-state index in [4.69, 9.17) is 21.4 Å². The molecule has 1 rings (SSSR count). The number of nitrogens with one attached hydrogen (secondary N) is 1. The molecule has 2 unspecified atom stereocenters. The van der Waals surface area contributed by atoms with E-state index >= 15 is 0 Å². The van der Waals surface area contributed by atoms with Gasteiger partial charge in [-0.15, -0.1) is 0 Å². The second-order valence-corrected chi connectivity index (χ2v) is 4.84. The Labute approximate surface area is 118 Å². The first-order valence-electron chi connectivity index (χ1n) is 6.35. The van der Waals surface area contributed by atoms with Crippen LogP contribution in [-0.4, -0.2) is 24.2 Å². The third kappa shape index (κ3) is 4.40. The Kier molecular flexibility index (Phi) is 6.12. The summed E-state index contributed by atoms with van der Waals surface area (Å²) in [6.07, 6.45) is 0.346. The van der Waals surface area contributed by atoms with Gasteiger partial charge in [0, 0.05) is 6.04 Å². The highest BCUT2D eigenvalue weighted by atomic mass is 35.5. The summed E-state index contributed by atoms with van der Waals surface area (Å²) in [5.74, 6) is -0.555. The second kappa shape index (κ2) is 7.36. The lowest BCUT2D eigenvalue weighted by Gasteiger charge is -2.17. The van der Waals surface area contributed by atoms with E-state index in [-0.39, 0.29) is 6.04 Å². The maximum atomic E-state index is 11.0. The van der Waals surface area contributed by atoms with Crippen molar-refractivity contribution in [1.29, 1.82) is 0 Å². The van der Waals surface area contributed by atoms with Gasteiger partial charge in [-0.25, -0.2) is 4.79 Å². The van der Waals surface area contributed by atoms with E-state index < -0.39 is 12.1 Å². The molecule has 4 nitrogen and oxygen atoms in total. The number of benzene rings is 1. The Hall–Kier alpha value is -1.26. The number of carbonyl (C=O) groups is 1. The van der Waals surface area contributed by atoms with Gasteiger partial charge in [0.15, 0.2) is 6.10 Å². The van der Waals surface area contributed by atoms with Crippen LogP contribution in [0.3, 0.4) is 0 Å². The number of hydrogen-bond donors (Lipinski definition) is 2. The number of hydrogen-bond acceptors (Lipinski definition) is 3. The Morgan fingerprint density at radius 1 is 1.53 bits per heavy atom. The molecule has 2 atom stereocenters. The number of carboxylic acids is 1. The molecule has 19 heavy (non-hydrogen) atoms. The summed E-state index contributed by atoms with van der Waals surface area (Å²) in [6.45, 7) is 3.93. The van der Waals surface area contributed by atoms with E-state index in [9.17, 15) is 4.79 Å². The number of aliphatic carboxylic acids is 1. The summed E-state index contributed by atoms with van der Waals surface area (Å²) in [6, 6.07) is 5.57. The molecule has 106 valence electrons. The van der Waals surface area contributed by atoms with Crippen LogP contribution in [0.15, 0.2) is 18.2 Å². The smallest absolute Gasteiger partial charge is 0.344 e. The van der Waals surface area contributed by atoms with Gasteiger partial charge in [0.25, 0.3) is 0 Å². The molecule has 0 aliphatic carbocycles.